The van der Waals surface area contributed by atoms with Crippen molar-refractivity contribution in [2.45, 2.75) is 19.3 Å². The zero-order valence-electron chi connectivity index (χ0n) is 27.9. The fourth-order valence-electron chi connectivity index (χ4n) is 9.10. The summed E-state index contributed by atoms with van der Waals surface area (Å²) in [5, 5.41) is 12.3. The predicted octanol–water partition coefficient (Wildman–Crippen LogP) is 13.8. The summed E-state index contributed by atoms with van der Waals surface area (Å²) in [7, 11) is 0. The average molecular weight is 637 g/mol. The van der Waals surface area contributed by atoms with Crippen LogP contribution >= 0.6 is 0 Å². The second-order valence-corrected chi connectivity index (χ2v) is 14.4. The first-order chi connectivity index (χ1) is 24.6. The molecule has 11 rings (SSSR count). The van der Waals surface area contributed by atoms with Crippen molar-refractivity contribution in [1.82, 2.24) is 0 Å². The van der Waals surface area contributed by atoms with E-state index in [2.05, 4.69) is 172 Å². The molecule has 50 heavy (non-hydrogen) atoms. The fourth-order valence-corrected chi connectivity index (χ4v) is 9.10. The smallest absolute Gasteiger partial charge is 0.136 e. The van der Waals surface area contributed by atoms with Crippen LogP contribution in [0.3, 0.4) is 0 Å². The summed E-state index contributed by atoms with van der Waals surface area (Å²) >= 11 is 0. The first-order valence-electron chi connectivity index (χ1n) is 17.5. The van der Waals surface area contributed by atoms with Crippen LogP contribution < -0.4 is 0 Å². The lowest BCUT2D eigenvalue weighted by molar-refractivity contribution is 0.661. The van der Waals surface area contributed by atoms with Crippen molar-refractivity contribution in [3.63, 3.8) is 0 Å². The SMILES string of the molecule is CC1(C)c2ccccc2-c2c1cc(-c1c3ccccc3c(-c3ccc4c(c3)oc3cc5ccccc5cc34)c3ccccc13)c1ccccc21. The van der Waals surface area contributed by atoms with Crippen molar-refractivity contribution in [3.8, 4) is 33.4 Å². The standard InChI is InChI=1S/C49H32O/c1-49(2)42-22-12-11-21-39(42)48-34-16-6-5-15-32(34)41(28-43(48)49)47-37-19-9-7-17-35(37)46(36-18-8-10-20-38(36)47)31-23-24-33-40-25-29-13-3-4-14-30(29)26-45(40)50-44(33)27-31/h3-28H,1-2H3. The van der Waals surface area contributed by atoms with Crippen LogP contribution in [0.1, 0.15) is 25.0 Å². The predicted molar refractivity (Wildman–Crippen MR) is 212 cm³/mol. The van der Waals surface area contributed by atoms with Gasteiger partial charge in [0.15, 0.2) is 0 Å². The molecule has 0 bridgehead atoms. The largest absolute Gasteiger partial charge is 0.456 e. The minimum Gasteiger partial charge on any atom is -0.456 e. The number of rotatable bonds is 2. The molecule has 0 radical (unpaired) electrons. The van der Waals surface area contributed by atoms with E-state index in [0.717, 1.165) is 27.5 Å². The Balaban J connectivity index is 1.22. The fraction of sp³-hybridized carbons (Fsp3) is 0.0612. The highest BCUT2D eigenvalue weighted by Crippen LogP contribution is 2.54. The molecule has 0 saturated heterocycles. The zero-order valence-corrected chi connectivity index (χ0v) is 27.9. The second kappa shape index (κ2) is 9.94. The van der Waals surface area contributed by atoms with Crippen LogP contribution in [0.5, 0.6) is 0 Å². The molecule has 0 spiro atoms. The summed E-state index contributed by atoms with van der Waals surface area (Å²) in [5.41, 5.74) is 12.2. The van der Waals surface area contributed by atoms with Crippen molar-refractivity contribution < 1.29 is 4.42 Å². The highest BCUT2D eigenvalue weighted by Gasteiger charge is 2.37. The van der Waals surface area contributed by atoms with E-state index in [4.69, 9.17) is 4.42 Å². The van der Waals surface area contributed by atoms with Gasteiger partial charge in [-0.25, -0.2) is 0 Å². The van der Waals surface area contributed by atoms with Crippen LogP contribution in [0.4, 0.5) is 0 Å². The third kappa shape index (κ3) is 3.67. The summed E-state index contributed by atoms with van der Waals surface area (Å²) < 4.78 is 6.58. The molecule has 10 aromatic rings. The van der Waals surface area contributed by atoms with Gasteiger partial charge in [0.05, 0.1) is 0 Å². The number of furan rings is 1. The molecule has 1 nitrogen and oxygen atoms in total. The third-order valence-electron chi connectivity index (χ3n) is 11.4. The Morgan fingerprint density at radius 2 is 0.900 bits per heavy atom. The van der Waals surface area contributed by atoms with Gasteiger partial charge >= 0.3 is 0 Å². The summed E-state index contributed by atoms with van der Waals surface area (Å²) in [4.78, 5) is 0. The highest BCUT2D eigenvalue weighted by atomic mass is 16.3. The number of hydrogen-bond acceptors (Lipinski definition) is 1. The monoisotopic (exact) mass is 636 g/mol. The molecule has 0 aliphatic heterocycles. The Labute approximate surface area is 290 Å². The average Bonchev–Trinajstić information content (AvgIpc) is 3.62. The van der Waals surface area contributed by atoms with Gasteiger partial charge in [-0.1, -0.05) is 141 Å². The Morgan fingerprint density at radius 1 is 0.360 bits per heavy atom. The minimum atomic E-state index is -0.107. The number of fused-ring (bicyclic) bond motifs is 11. The lowest BCUT2D eigenvalue weighted by atomic mass is 9.79. The summed E-state index contributed by atoms with van der Waals surface area (Å²) in [6.45, 7) is 4.76. The van der Waals surface area contributed by atoms with E-state index in [-0.39, 0.29) is 5.41 Å². The van der Waals surface area contributed by atoms with Crippen molar-refractivity contribution in [3.05, 3.63) is 169 Å². The topological polar surface area (TPSA) is 13.1 Å². The molecule has 0 atom stereocenters. The molecule has 9 aromatic carbocycles. The molecular weight excluding hydrogens is 605 g/mol. The zero-order chi connectivity index (χ0) is 33.1. The second-order valence-electron chi connectivity index (χ2n) is 14.4. The Bertz CT molecular complexity index is 3010. The Morgan fingerprint density at radius 3 is 1.60 bits per heavy atom. The molecule has 1 heteroatoms. The lowest BCUT2D eigenvalue weighted by Gasteiger charge is -2.24. The molecule has 0 saturated carbocycles. The molecule has 234 valence electrons. The maximum absolute atomic E-state index is 6.58. The molecule has 1 aliphatic carbocycles. The van der Waals surface area contributed by atoms with Crippen LogP contribution in [-0.4, -0.2) is 0 Å². The van der Waals surface area contributed by atoms with E-state index < -0.39 is 0 Å². The van der Waals surface area contributed by atoms with Gasteiger partial charge in [0, 0.05) is 16.2 Å². The van der Waals surface area contributed by atoms with Crippen LogP contribution in [-0.2, 0) is 5.41 Å². The quantitative estimate of drug-likeness (QED) is 0.172. The van der Waals surface area contributed by atoms with Crippen LogP contribution in [0.2, 0.25) is 0 Å². The minimum absolute atomic E-state index is 0.107. The molecule has 0 fully saturated rings. The Hall–Kier alpha value is -6.18. The lowest BCUT2D eigenvalue weighted by Crippen LogP contribution is -2.15. The summed E-state index contributed by atoms with van der Waals surface area (Å²) in [6.07, 6.45) is 0. The first kappa shape index (κ1) is 27.7. The van der Waals surface area contributed by atoms with Gasteiger partial charge in [0.2, 0.25) is 0 Å². The molecule has 0 amide bonds. The number of hydrogen-bond donors (Lipinski definition) is 0. The van der Waals surface area contributed by atoms with E-state index in [1.54, 1.807) is 0 Å². The van der Waals surface area contributed by atoms with Crippen LogP contribution in [0.15, 0.2) is 162 Å². The molecule has 1 heterocycles. The van der Waals surface area contributed by atoms with E-state index in [1.165, 1.54) is 82.0 Å². The van der Waals surface area contributed by atoms with Crippen LogP contribution in [0.25, 0.3) is 98.4 Å². The van der Waals surface area contributed by atoms with E-state index >= 15 is 0 Å². The van der Waals surface area contributed by atoms with Gasteiger partial charge in [-0.05, 0) is 118 Å². The van der Waals surface area contributed by atoms with Gasteiger partial charge in [0.25, 0.3) is 0 Å². The summed E-state index contributed by atoms with van der Waals surface area (Å²) in [5.74, 6) is 0. The highest BCUT2D eigenvalue weighted by molar-refractivity contribution is 6.25. The van der Waals surface area contributed by atoms with Gasteiger partial charge < -0.3 is 4.42 Å². The van der Waals surface area contributed by atoms with Crippen LogP contribution in [0, 0.1) is 0 Å². The van der Waals surface area contributed by atoms with Crippen molar-refractivity contribution in [1.29, 1.82) is 0 Å². The normalized spacial score (nSPS) is 13.6. The molecule has 1 aliphatic rings. The molecular formula is C49H32O. The maximum Gasteiger partial charge on any atom is 0.136 e. The number of benzene rings is 9. The van der Waals surface area contributed by atoms with E-state index in [9.17, 15) is 0 Å². The van der Waals surface area contributed by atoms with E-state index in [0.29, 0.717) is 0 Å². The van der Waals surface area contributed by atoms with Crippen molar-refractivity contribution in [2.75, 3.05) is 0 Å². The van der Waals surface area contributed by atoms with Crippen molar-refractivity contribution in [2.24, 2.45) is 0 Å². The van der Waals surface area contributed by atoms with Gasteiger partial charge in [-0.2, -0.15) is 0 Å². The van der Waals surface area contributed by atoms with Gasteiger partial charge in [-0.3, -0.25) is 0 Å². The first-order valence-corrected chi connectivity index (χ1v) is 17.5. The van der Waals surface area contributed by atoms with Gasteiger partial charge in [-0.15, -0.1) is 0 Å². The van der Waals surface area contributed by atoms with E-state index in [1.807, 2.05) is 0 Å². The van der Waals surface area contributed by atoms with Crippen molar-refractivity contribution >= 4 is 65.0 Å². The molecule has 1 aromatic heterocycles. The Kier molecular flexibility index (Phi) is 5.51. The third-order valence-corrected chi connectivity index (χ3v) is 11.4. The maximum atomic E-state index is 6.58. The molecule has 0 unspecified atom stereocenters. The molecule has 0 N–H and O–H groups in total. The summed E-state index contributed by atoms with van der Waals surface area (Å²) in [6, 6.07) is 58.2. The van der Waals surface area contributed by atoms with Gasteiger partial charge in [0.1, 0.15) is 11.2 Å².